The zero-order valence-corrected chi connectivity index (χ0v) is 7.95. The molecule has 4 nitrogen and oxygen atoms in total. The van der Waals surface area contributed by atoms with Crippen LogP contribution in [0.3, 0.4) is 0 Å². The van der Waals surface area contributed by atoms with E-state index in [0.717, 1.165) is 0 Å². The Balaban J connectivity index is 2.92. The lowest BCUT2D eigenvalue weighted by molar-refractivity contribution is -0.132. The summed E-state index contributed by atoms with van der Waals surface area (Å²) in [6.07, 6.45) is 14.4. The molecule has 1 aliphatic heterocycles. The van der Waals surface area contributed by atoms with E-state index in [1.165, 1.54) is 18.5 Å². The molecule has 0 radical (unpaired) electrons. The molecule has 1 heterocycles. The Bertz CT molecular complexity index is 399. The maximum Gasteiger partial charge on any atom is 0.354 e. The first-order valence-electron chi connectivity index (χ1n) is 4.30. The van der Waals surface area contributed by atoms with Crippen molar-refractivity contribution in [3.8, 4) is 0 Å². The SMILES string of the molecule is O=C(O)C1=CC=CC=CC=CN=CC=N1. The third-order valence-corrected chi connectivity index (χ3v) is 1.46. The molecule has 0 aromatic rings. The second kappa shape index (κ2) is 6.26. The van der Waals surface area contributed by atoms with Crippen LogP contribution >= 0.6 is 0 Å². The fourth-order valence-electron chi connectivity index (χ4n) is 0.810. The van der Waals surface area contributed by atoms with Gasteiger partial charge < -0.3 is 5.11 Å². The maximum atomic E-state index is 10.7. The highest BCUT2D eigenvalue weighted by Gasteiger charge is 2.01. The minimum absolute atomic E-state index is 0.0318. The fraction of sp³-hybridized carbons (Fsp3) is 0. The molecule has 0 aliphatic carbocycles. The second-order valence-electron chi connectivity index (χ2n) is 2.54. The van der Waals surface area contributed by atoms with Crippen LogP contribution in [0.15, 0.2) is 58.3 Å². The fourth-order valence-corrected chi connectivity index (χ4v) is 0.810. The Morgan fingerprint density at radius 2 is 1.80 bits per heavy atom. The molecule has 0 amide bonds. The summed E-state index contributed by atoms with van der Waals surface area (Å²) in [4.78, 5) is 18.3. The van der Waals surface area contributed by atoms with Gasteiger partial charge in [-0.2, -0.15) is 0 Å². The predicted molar refractivity (Wildman–Crippen MR) is 60.1 cm³/mol. The van der Waals surface area contributed by atoms with Gasteiger partial charge >= 0.3 is 5.97 Å². The summed E-state index contributed by atoms with van der Waals surface area (Å²) in [5.74, 6) is -1.07. The van der Waals surface area contributed by atoms with Gasteiger partial charge in [-0.05, 0) is 12.2 Å². The molecule has 0 saturated carbocycles. The van der Waals surface area contributed by atoms with Crippen LogP contribution in [-0.2, 0) is 4.79 Å². The molecule has 0 fully saturated rings. The van der Waals surface area contributed by atoms with E-state index in [-0.39, 0.29) is 5.70 Å². The molecular formula is C11H10N2O2. The van der Waals surface area contributed by atoms with Crippen LogP contribution < -0.4 is 0 Å². The third kappa shape index (κ3) is 4.52. The van der Waals surface area contributed by atoms with Gasteiger partial charge in [0.2, 0.25) is 0 Å². The smallest absolute Gasteiger partial charge is 0.354 e. The van der Waals surface area contributed by atoms with Gasteiger partial charge in [0.25, 0.3) is 0 Å². The molecule has 0 atom stereocenters. The van der Waals surface area contributed by atoms with Crippen molar-refractivity contribution in [1.82, 2.24) is 0 Å². The normalized spacial score (nSPS) is 15.6. The lowest BCUT2D eigenvalue weighted by atomic mass is 10.3. The molecule has 0 aromatic carbocycles. The average molecular weight is 202 g/mol. The molecule has 15 heavy (non-hydrogen) atoms. The van der Waals surface area contributed by atoms with Crippen molar-refractivity contribution in [3.05, 3.63) is 48.4 Å². The maximum absolute atomic E-state index is 10.7. The number of hydrogen-bond acceptors (Lipinski definition) is 3. The van der Waals surface area contributed by atoms with Gasteiger partial charge in [0.05, 0.1) is 0 Å². The van der Waals surface area contributed by atoms with E-state index in [9.17, 15) is 4.79 Å². The van der Waals surface area contributed by atoms with Gasteiger partial charge in [0.1, 0.15) is 5.70 Å². The first-order valence-corrected chi connectivity index (χ1v) is 4.30. The van der Waals surface area contributed by atoms with Crippen LogP contribution in [0.1, 0.15) is 0 Å². The number of rotatable bonds is 1. The predicted octanol–water partition coefficient (Wildman–Crippen LogP) is 1.74. The molecule has 1 N–H and O–H groups in total. The number of aliphatic imine (C=N–C) groups is 2. The minimum atomic E-state index is -1.07. The zero-order chi connectivity index (χ0) is 10.9. The van der Waals surface area contributed by atoms with Crippen molar-refractivity contribution in [2.75, 3.05) is 0 Å². The Hall–Kier alpha value is -2.23. The summed E-state index contributed by atoms with van der Waals surface area (Å²) >= 11 is 0. The summed E-state index contributed by atoms with van der Waals surface area (Å²) in [6.45, 7) is 0. The Labute approximate surface area is 87.4 Å². The van der Waals surface area contributed by atoms with Gasteiger partial charge in [-0.25, -0.2) is 9.79 Å². The highest BCUT2D eigenvalue weighted by Crippen LogP contribution is 1.97. The van der Waals surface area contributed by atoms with Crippen molar-refractivity contribution in [3.63, 3.8) is 0 Å². The van der Waals surface area contributed by atoms with Crippen molar-refractivity contribution >= 4 is 18.4 Å². The van der Waals surface area contributed by atoms with Gasteiger partial charge in [-0.15, -0.1) is 0 Å². The Morgan fingerprint density at radius 3 is 2.60 bits per heavy atom. The average Bonchev–Trinajstić information content (AvgIpc) is 2.18. The molecule has 0 aromatic heterocycles. The summed E-state index contributed by atoms with van der Waals surface area (Å²) in [7, 11) is 0. The highest BCUT2D eigenvalue weighted by molar-refractivity contribution is 6.17. The minimum Gasteiger partial charge on any atom is -0.477 e. The van der Waals surface area contributed by atoms with Gasteiger partial charge in [-0.3, -0.25) is 4.99 Å². The summed E-state index contributed by atoms with van der Waals surface area (Å²) in [5.41, 5.74) is -0.0318. The number of nitrogens with zero attached hydrogens (tertiary/aromatic N) is 2. The zero-order valence-electron chi connectivity index (χ0n) is 7.95. The van der Waals surface area contributed by atoms with Gasteiger partial charge in [0.15, 0.2) is 0 Å². The third-order valence-electron chi connectivity index (χ3n) is 1.46. The van der Waals surface area contributed by atoms with Crippen LogP contribution in [0.4, 0.5) is 0 Å². The van der Waals surface area contributed by atoms with Crippen molar-refractivity contribution in [2.45, 2.75) is 0 Å². The number of carboxylic acids is 1. The molecule has 76 valence electrons. The standard InChI is InChI=1S/C11H10N2O2/c14-11(15)10-6-4-2-1-3-5-7-12-8-9-13-10/h1-9H,(H,14,15). The summed E-state index contributed by atoms with van der Waals surface area (Å²) < 4.78 is 0. The molecule has 0 bridgehead atoms. The van der Waals surface area contributed by atoms with Gasteiger partial charge in [0, 0.05) is 18.6 Å². The van der Waals surface area contributed by atoms with E-state index >= 15 is 0 Å². The molecule has 0 unspecified atom stereocenters. The number of aliphatic carboxylic acids is 1. The lowest BCUT2D eigenvalue weighted by Gasteiger charge is -1.90. The van der Waals surface area contributed by atoms with Crippen LogP contribution in [0.2, 0.25) is 0 Å². The van der Waals surface area contributed by atoms with E-state index in [2.05, 4.69) is 9.98 Å². The lowest BCUT2D eigenvalue weighted by Crippen LogP contribution is -1.97. The Morgan fingerprint density at radius 1 is 1.07 bits per heavy atom. The van der Waals surface area contributed by atoms with Gasteiger partial charge in [-0.1, -0.05) is 24.3 Å². The van der Waals surface area contributed by atoms with E-state index in [4.69, 9.17) is 5.11 Å². The quantitative estimate of drug-likeness (QED) is 0.703. The monoisotopic (exact) mass is 202 g/mol. The molecule has 4 heteroatoms. The highest BCUT2D eigenvalue weighted by atomic mass is 16.4. The summed E-state index contributed by atoms with van der Waals surface area (Å²) in [6, 6.07) is 0. The van der Waals surface area contributed by atoms with Crippen molar-refractivity contribution in [1.29, 1.82) is 0 Å². The number of allylic oxidation sites excluding steroid dienone is 6. The topological polar surface area (TPSA) is 62.0 Å². The number of hydrogen-bond donors (Lipinski definition) is 1. The molecule has 1 aliphatic rings. The Kier molecular flexibility index (Phi) is 4.53. The number of carboxylic acid groups (broad SMARTS) is 1. The van der Waals surface area contributed by atoms with E-state index in [0.29, 0.717) is 0 Å². The van der Waals surface area contributed by atoms with E-state index < -0.39 is 5.97 Å². The van der Waals surface area contributed by atoms with E-state index in [1.807, 2.05) is 0 Å². The molecule has 1 rings (SSSR count). The second-order valence-corrected chi connectivity index (χ2v) is 2.54. The summed E-state index contributed by atoms with van der Waals surface area (Å²) in [5, 5.41) is 8.75. The van der Waals surface area contributed by atoms with Crippen LogP contribution in [0.5, 0.6) is 0 Å². The first-order chi connectivity index (χ1) is 7.30. The molecule has 0 spiro atoms. The number of carbonyl (C=O) groups is 1. The van der Waals surface area contributed by atoms with Crippen molar-refractivity contribution < 1.29 is 9.90 Å². The van der Waals surface area contributed by atoms with E-state index in [1.54, 1.807) is 36.6 Å². The molecule has 0 saturated heterocycles. The first kappa shape index (κ1) is 10.8. The van der Waals surface area contributed by atoms with Crippen LogP contribution in [0, 0.1) is 0 Å². The van der Waals surface area contributed by atoms with Crippen LogP contribution in [0.25, 0.3) is 0 Å². The van der Waals surface area contributed by atoms with Crippen LogP contribution in [-0.4, -0.2) is 23.5 Å². The molecular weight excluding hydrogens is 192 g/mol. The van der Waals surface area contributed by atoms with Crippen molar-refractivity contribution in [2.24, 2.45) is 9.98 Å². The largest absolute Gasteiger partial charge is 0.477 e.